The predicted molar refractivity (Wildman–Crippen MR) is 121 cm³/mol. The van der Waals surface area contributed by atoms with E-state index in [-0.39, 0.29) is 12.0 Å². The standard InChI is InChI=1S/C23H25ClN6/c1-14(2)21(16-5-7-18(24)8-6-16)22-29-28-20-13-17(10-12-30(20)22)19-9-11-25-23(27-19)26-15(3)4/h5-15,21H,1-4H3,(H,25,26,27). The Hall–Kier alpha value is -2.99. The topological polar surface area (TPSA) is 68.0 Å². The number of halogens is 1. The Kier molecular flexibility index (Phi) is 5.68. The van der Waals surface area contributed by atoms with E-state index in [1.165, 1.54) is 5.56 Å². The highest BCUT2D eigenvalue weighted by atomic mass is 35.5. The van der Waals surface area contributed by atoms with Crippen LogP contribution in [-0.2, 0) is 0 Å². The highest BCUT2D eigenvalue weighted by Crippen LogP contribution is 2.32. The molecule has 0 aliphatic carbocycles. The number of nitrogens with zero attached hydrogens (tertiary/aromatic N) is 5. The maximum Gasteiger partial charge on any atom is 0.223 e. The molecule has 30 heavy (non-hydrogen) atoms. The number of pyridine rings is 1. The summed E-state index contributed by atoms with van der Waals surface area (Å²) in [5.41, 5.74) is 3.79. The van der Waals surface area contributed by atoms with Gasteiger partial charge in [0, 0.05) is 34.9 Å². The number of fused-ring (bicyclic) bond motifs is 1. The van der Waals surface area contributed by atoms with E-state index in [9.17, 15) is 0 Å². The number of benzene rings is 1. The van der Waals surface area contributed by atoms with E-state index >= 15 is 0 Å². The smallest absolute Gasteiger partial charge is 0.223 e. The average Bonchev–Trinajstić information content (AvgIpc) is 3.12. The normalized spacial score (nSPS) is 12.6. The van der Waals surface area contributed by atoms with Gasteiger partial charge in [-0.25, -0.2) is 9.97 Å². The van der Waals surface area contributed by atoms with Crippen LogP contribution in [0, 0.1) is 5.92 Å². The first-order valence-corrected chi connectivity index (χ1v) is 10.5. The fraction of sp³-hybridized carbons (Fsp3) is 0.304. The van der Waals surface area contributed by atoms with Crippen LogP contribution in [0.2, 0.25) is 5.02 Å². The Morgan fingerprint density at radius 3 is 2.43 bits per heavy atom. The van der Waals surface area contributed by atoms with Gasteiger partial charge in [0.2, 0.25) is 5.95 Å². The third-order valence-corrected chi connectivity index (χ3v) is 5.23. The highest BCUT2D eigenvalue weighted by molar-refractivity contribution is 6.30. The van der Waals surface area contributed by atoms with E-state index in [1.807, 2.05) is 36.5 Å². The molecule has 3 heterocycles. The molecular weight excluding hydrogens is 396 g/mol. The van der Waals surface area contributed by atoms with Crippen LogP contribution in [0.1, 0.15) is 45.0 Å². The largest absolute Gasteiger partial charge is 0.352 e. The van der Waals surface area contributed by atoms with Gasteiger partial charge < -0.3 is 5.32 Å². The lowest BCUT2D eigenvalue weighted by atomic mass is 9.88. The van der Waals surface area contributed by atoms with Crippen molar-refractivity contribution in [3.05, 3.63) is 71.3 Å². The molecule has 4 rings (SSSR count). The molecule has 4 aromatic rings. The molecule has 7 heteroatoms. The number of anilines is 1. The van der Waals surface area contributed by atoms with Gasteiger partial charge in [0.15, 0.2) is 5.65 Å². The lowest BCUT2D eigenvalue weighted by Gasteiger charge is -2.20. The quantitative estimate of drug-likeness (QED) is 0.449. The number of hydrogen-bond acceptors (Lipinski definition) is 5. The predicted octanol–water partition coefficient (Wildman–Crippen LogP) is 5.45. The van der Waals surface area contributed by atoms with Crippen molar-refractivity contribution in [1.29, 1.82) is 0 Å². The minimum atomic E-state index is 0.115. The first-order valence-electron chi connectivity index (χ1n) is 10.1. The van der Waals surface area contributed by atoms with E-state index in [0.717, 1.165) is 27.8 Å². The van der Waals surface area contributed by atoms with E-state index in [4.69, 9.17) is 11.6 Å². The monoisotopic (exact) mass is 420 g/mol. The number of nitrogens with one attached hydrogen (secondary N) is 1. The maximum atomic E-state index is 6.08. The minimum Gasteiger partial charge on any atom is -0.352 e. The molecule has 0 fully saturated rings. The maximum absolute atomic E-state index is 6.08. The zero-order valence-electron chi connectivity index (χ0n) is 17.5. The summed E-state index contributed by atoms with van der Waals surface area (Å²) in [6, 6.07) is 14.2. The number of aromatic nitrogens is 5. The second-order valence-corrected chi connectivity index (χ2v) is 8.48. The molecule has 0 bridgehead atoms. The van der Waals surface area contributed by atoms with E-state index < -0.39 is 0 Å². The van der Waals surface area contributed by atoms with Crippen LogP contribution in [0.5, 0.6) is 0 Å². The Morgan fingerprint density at radius 1 is 0.967 bits per heavy atom. The van der Waals surface area contributed by atoms with E-state index in [0.29, 0.717) is 11.9 Å². The van der Waals surface area contributed by atoms with Crippen LogP contribution in [0.4, 0.5) is 5.95 Å². The molecule has 0 amide bonds. The van der Waals surface area contributed by atoms with Gasteiger partial charge in [0.1, 0.15) is 5.82 Å². The van der Waals surface area contributed by atoms with Crippen LogP contribution < -0.4 is 5.32 Å². The first kappa shape index (κ1) is 20.3. The highest BCUT2D eigenvalue weighted by Gasteiger charge is 2.24. The second kappa shape index (κ2) is 8.40. The van der Waals surface area contributed by atoms with Gasteiger partial charge in [-0.05, 0) is 55.7 Å². The molecule has 6 nitrogen and oxygen atoms in total. The summed E-state index contributed by atoms with van der Waals surface area (Å²) in [7, 11) is 0. The molecule has 1 aromatic carbocycles. The Bertz CT molecular complexity index is 1150. The molecule has 1 atom stereocenters. The van der Waals surface area contributed by atoms with Crippen molar-refractivity contribution in [2.75, 3.05) is 5.32 Å². The van der Waals surface area contributed by atoms with Crippen molar-refractivity contribution in [1.82, 2.24) is 24.6 Å². The van der Waals surface area contributed by atoms with Gasteiger partial charge in [-0.2, -0.15) is 0 Å². The molecule has 1 unspecified atom stereocenters. The Balaban J connectivity index is 1.72. The lowest BCUT2D eigenvalue weighted by Crippen LogP contribution is -2.13. The van der Waals surface area contributed by atoms with Crippen molar-refractivity contribution in [2.45, 2.75) is 39.7 Å². The summed E-state index contributed by atoms with van der Waals surface area (Å²) in [6.07, 6.45) is 3.78. The third-order valence-electron chi connectivity index (χ3n) is 4.98. The molecule has 0 radical (unpaired) electrons. The zero-order valence-corrected chi connectivity index (χ0v) is 18.3. The molecule has 0 spiro atoms. The number of hydrogen-bond donors (Lipinski definition) is 1. The summed E-state index contributed by atoms with van der Waals surface area (Å²) in [6.45, 7) is 8.51. The van der Waals surface area contributed by atoms with Gasteiger partial charge in [0.25, 0.3) is 0 Å². The fourth-order valence-corrected chi connectivity index (χ4v) is 3.76. The summed E-state index contributed by atoms with van der Waals surface area (Å²) in [5, 5.41) is 13.0. The molecule has 154 valence electrons. The average molecular weight is 421 g/mol. The van der Waals surface area contributed by atoms with Gasteiger partial charge in [-0.3, -0.25) is 4.40 Å². The molecule has 3 aromatic heterocycles. The van der Waals surface area contributed by atoms with Gasteiger partial charge in [-0.1, -0.05) is 37.6 Å². The minimum absolute atomic E-state index is 0.115. The molecule has 0 saturated carbocycles. The van der Waals surface area contributed by atoms with Crippen molar-refractivity contribution in [3.63, 3.8) is 0 Å². The summed E-state index contributed by atoms with van der Waals surface area (Å²) >= 11 is 6.08. The van der Waals surface area contributed by atoms with E-state index in [1.54, 1.807) is 6.20 Å². The van der Waals surface area contributed by atoms with Crippen molar-refractivity contribution < 1.29 is 0 Å². The SMILES string of the molecule is CC(C)Nc1nccc(-c2ccn3c(C(c4ccc(Cl)cc4)C(C)C)nnc3c2)n1. The molecule has 0 aliphatic rings. The van der Waals surface area contributed by atoms with Crippen molar-refractivity contribution in [2.24, 2.45) is 5.92 Å². The van der Waals surface area contributed by atoms with Crippen LogP contribution in [0.15, 0.2) is 54.9 Å². The molecule has 1 N–H and O–H groups in total. The van der Waals surface area contributed by atoms with E-state index in [2.05, 4.69) is 69.7 Å². The summed E-state index contributed by atoms with van der Waals surface area (Å²) in [5.74, 6) is 2.00. The van der Waals surface area contributed by atoms with Gasteiger partial charge in [-0.15, -0.1) is 10.2 Å². The van der Waals surface area contributed by atoms with Crippen LogP contribution in [-0.4, -0.2) is 30.6 Å². The second-order valence-electron chi connectivity index (χ2n) is 8.04. The van der Waals surface area contributed by atoms with Crippen molar-refractivity contribution >= 4 is 23.2 Å². The Morgan fingerprint density at radius 2 is 1.73 bits per heavy atom. The van der Waals surface area contributed by atoms with Crippen LogP contribution >= 0.6 is 11.6 Å². The third kappa shape index (κ3) is 4.14. The Labute approximate surface area is 181 Å². The van der Waals surface area contributed by atoms with Crippen LogP contribution in [0.25, 0.3) is 16.9 Å². The van der Waals surface area contributed by atoms with Gasteiger partial charge >= 0.3 is 0 Å². The van der Waals surface area contributed by atoms with Crippen molar-refractivity contribution in [3.8, 4) is 11.3 Å². The zero-order chi connectivity index (χ0) is 21.3. The molecule has 0 saturated heterocycles. The molecular formula is C23H25ClN6. The molecule has 0 aliphatic heterocycles. The first-order chi connectivity index (χ1) is 14.4. The number of rotatable bonds is 6. The van der Waals surface area contributed by atoms with Gasteiger partial charge in [0.05, 0.1) is 5.69 Å². The summed E-state index contributed by atoms with van der Waals surface area (Å²) in [4.78, 5) is 8.91. The summed E-state index contributed by atoms with van der Waals surface area (Å²) < 4.78 is 2.05. The van der Waals surface area contributed by atoms with Crippen LogP contribution in [0.3, 0.4) is 0 Å². The fourth-order valence-electron chi connectivity index (χ4n) is 3.63. The lowest BCUT2D eigenvalue weighted by molar-refractivity contribution is 0.534.